The lowest BCUT2D eigenvalue weighted by atomic mass is 9.76. The maximum atomic E-state index is 12.2. The van der Waals surface area contributed by atoms with Crippen LogP contribution in [0.15, 0.2) is 78.9 Å². The molecule has 0 radical (unpaired) electrons. The molecule has 0 aromatic heterocycles. The van der Waals surface area contributed by atoms with Crippen LogP contribution in [0.25, 0.3) is 0 Å². The molecule has 3 aromatic carbocycles. The van der Waals surface area contributed by atoms with Crippen LogP contribution in [0, 0.1) is 0 Å². The van der Waals surface area contributed by atoms with Crippen LogP contribution in [0.5, 0.6) is 11.5 Å². The number of carboxylic acids is 2. The Labute approximate surface area is 192 Å². The number of carboxylic acid groups (broad SMARTS) is 2. The Morgan fingerprint density at radius 1 is 0.788 bits per heavy atom. The van der Waals surface area contributed by atoms with E-state index < -0.39 is 23.5 Å². The first-order valence-corrected chi connectivity index (χ1v) is 10.5. The van der Waals surface area contributed by atoms with Crippen LogP contribution in [0.4, 0.5) is 0 Å². The van der Waals surface area contributed by atoms with Gasteiger partial charge in [0, 0.05) is 6.42 Å². The van der Waals surface area contributed by atoms with E-state index in [2.05, 4.69) is 5.32 Å². The Bertz CT molecular complexity index is 1020. The van der Waals surface area contributed by atoms with E-state index in [-0.39, 0.29) is 12.8 Å². The van der Waals surface area contributed by atoms with Crippen molar-refractivity contribution >= 4 is 11.9 Å². The highest BCUT2D eigenvalue weighted by molar-refractivity contribution is 5.75. The summed E-state index contributed by atoms with van der Waals surface area (Å²) in [5.41, 5.74) is 1.28. The molecule has 33 heavy (non-hydrogen) atoms. The molecule has 0 saturated carbocycles. The Balaban J connectivity index is 2.25. The summed E-state index contributed by atoms with van der Waals surface area (Å²) in [5.74, 6) is -0.854. The maximum Gasteiger partial charge on any atom is 0.320 e. The number of aliphatic carboxylic acids is 2. The topological polar surface area (TPSA) is 105 Å². The smallest absolute Gasteiger partial charge is 0.320 e. The van der Waals surface area contributed by atoms with Gasteiger partial charge < -0.3 is 19.7 Å². The predicted molar refractivity (Wildman–Crippen MR) is 124 cm³/mol. The number of hydrogen-bond acceptors (Lipinski definition) is 5. The van der Waals surface area contributed by atoms with Gasteiger partial charge in [-0.05, 0) is 47.4 Å². The van der Waals surface area contributed by atoms with Crippen molar-refractivity contribution in [3.8, 4) is 11.5 Å². The second-order valence-electron chi connectivity index (χ2n) is 7.54. The average molecular weight is 450 g/mol. The zero-order valence-corrected chi connectivity index (χ0v) is 18.5. The summed E-state index contributed by atoms with van der Waals surface area (Å²) in [5, 5.41) is 22.4. The summed E-state index contributed by atoms with van der Waals surface area (Å²) < 4.78 is 10.6. The molecule has 1 atom stereocenters. The highest BCUT2D eigenvalue weighted by Crippen LogP contribution is 2.39. The Kier molecular flexibility index (Phi) is 7.69. The van der Waals surface area contributed by atoms with Gasteiger partial charge in [-0.2, -0.15) is 0 Å². The van der Waals surface area contributed by atoms with Crippen LogP contribution >= 0.6 is 0 Å². The molecule has 0 amide bonds. The molecular formula is C26H27NO6. The van der Waals surface area contributed by atoms with Gasteiger partial charge in [0.05, 0.1) is 19.8 Å². The van der Waals surface area contributed by atoms with Gasteiger partial charge in [0.25, 0.3) is 0 Å². The van der Waals surface area contributed by atoms with Crippen molar-refractivity contribution in [1.82, 2.24) is 5.32 Å². The van der Waals surface area contributed by atoms with Gasteiger partial charge in [-0.1, -0.05) is 54.6 Å². The van der Waals surface area contributed by atoms with Crippen molar-refractivity contribution in [1.29, 1.82) is 0 Å². The third kappa shape index (κ3) is 5.32. The number of nitrogens with one attached hydrogen (secondary N) is 1. The highest BCUT2D eigenvalue weighted by Gasteiger charge is 2.40. The third-order valence-electron chi connectivity index (χ3n) is 5.59. The number of ether oxygens (including phenoxy) is 2. The van der Waals surface area contributed by atoms with E-state index in [0.717, 1.165) is 16.7 Å². The fraction of sp³-hybridized carbons (Fsp3) is 0.231. The second kappa shape index (κ2) is 10.7. The number of carbonyl (C=O) groups is 2. The number of hydrogen-bond donors (Lipinski definition) is 3. The minimum Gasteiger partial charge on any atom is -0.497 e. The molecule has 0 heterocycles. The van der Waals surface area contributed by atoms with E-state index in [9.17, 15) is 14.7 Å². The first kappa shape index (κ1) is 23.8. The van der Waals surface area contributed by atoms with Gasteiger partial charge >= 0.3 is 11.9 Å². The molecule has 0 fully saturated rings. The van der Waals surface area contributed by atoms with Crippen LogP contribution in [-0.2, 0) is 15.1 Å². The van der Waals surface area contributed by atoms with Crippen molar-refractivity contribution in [3.63, 3.8) is 0 Å². The lowest BCUT2D eigenvalue weighted by molar-refractivity contribution is -0.141. The lowest BCUT2D eigenvalue weighted by Crippen LogP contribution is -2.52. The highest BCUT2D eigenvalue weighted by atomic mass is 16.5. The molecule has 7 heteroatoms. The largest absolute Gasteiger partial charge is 0.497 e. The fourth-order valence-electron chi connectivity index (χ4n) is 3.91. The van der Waals surface area contributed by atoms with Gasteiger partial charge in [0.2, 0.25) is 0 Å². The first-order valence-electron chi connectivity index (χ1n) is 10.5. The third-order valence-corrected chi connectivity index (χ3v) is 5.59. The van der Waals surface area contributed by atoms with Crippen molar-refractivity contribution in [3.05, 3.63) is 95.6 Å². The summed E-state index contributed by atoms with van der Waals surface area (Å²) in [4.78, 5) is 23.4. The van der Waals surface area contributed by atoms with E-state index in [4.69, 9.17) is 14.6 Å². The minimum absolute atomic E-state index is 0.0778. The standard InChI is InChI=1S/C26H27NO6/c1-32-21-12-8-19(9-13-21)26(18-6-4-3-5-7-18,20-10-14-22(33-2)15-11-20)27-23(25(30)31)16-17-24(28)29/h3-15,23,27H,16-17H2,1-2H3,(H,28,29)(H,30,31)/t23-/m1/s1. The SMILES string of the molecule is COc1ccc(C(N[C@H](CCC(=O)O)C(=O)O)(c2ccccc2)c2ccc(OC)cc2)cc1. The molecule has 0 unspecified atom stereocenters. The first-order chi connectivity index (χ1) is 15.9. The monoisotopic (exact) mass is 449 g/mol. The second-order valence-corrected chi connectivity index (χ2v) is 7.54. The van der Waals surface area contributed by atoms with Gasteiger partial charge in [-0.25, -0.2) is 0 Å². The fourth-order valence-corrected chi connectivity index (χ4v) is 3.91. The van der Waals surface area contributed by atoms with Crippen molar-refractivity contribution in [2.75, 3.05) is 14.2 Å². The quantitative estimate of drug-likeness (QED) is 0.381. The Morgan fingerprint density at radius 3 is 1.64 bits per heavy atom. The molecule has 0 bridgehead atoms. The average Bonchev–Trinajstić information content (AvgIpc) is 2.85. The zero-order chi connectivity index (χ0) is 23.8. The van der Waals surface area contributed by atoms with E-state index in [1.807, 2.05) is 78.9 Å². The summed E-state index contributed by atoms with van der Waals surface area (Å²) in [7, 11) is 3.15. The molecule has 172 valence electrons. The van der Waals surface area contributed by atoms with Crippen LogP contribution in [0.1, 0.15) is 29.5 Å². The van der Waals surface area contributed by atoms with E-state index in [1.54, 1.807) is 14.2 Å². The molecule has 0 aliphatic heterocycles. The molecular weight excluding hydrogens is 422 g/mol. The van der Waals surface area contributed by atoms with Gasteiger partial charge in [0.15, 0.2) is 0 Å². The zero-order valence-electron chi connectivity index (χ0n) is 18.5. The Hall–Kier alpha value is -3.84. The molecule has 3 aromatic rings. The molecule has 7 nitrogen and oxygen atoms in total. The summed E-state index contributed by atoms with van der Waals surface area (Å²) in [6, 6.07) is 23.1. The van der Waals surface area contributed by atoms with Crippen LogP contribution < -0.4 is 14.8 Å². The summed E-state index contributed by atoms with van der Waals surface area (Å²) >= 11 is 0. The van der Waals surface area contributed by atoms with E-state index in [1.165, 1.54) is 0 Å². The molecule has 0 spiro atoms. The maximum absolute atomic E-state index is 12.2. The van der Waals surface area contributed by atoms with Gasteiger partial charge in [0.1, 0.15) is 17.5 Å². The molecule has 3 rings (SSSR count). The van der Waals surface area contributed by atoms with Crippen LogP contribution in [0.3, 0.4) is 0 Å². The molecule has 3 N–H and O–H groups in total. The van der Waals surface area contributed by atoms with Crippen LogP contribution in [0.2, 0.25) is 0 Å². The molecule has 0 aliphatic carbocycles. The van der Waals surface area contributed by atoms with Crippen molar-refractivity contribution in [2.45, 2.75) is 24.4 Å². The Morgan fingerprint density at radius 2 is 1.24 bits per heavy atom. The number of rotatable bonds is 11. The van der Waals surface area contributed by atoms with Crippen molar-refractivity contribution in [2.24, 2.45) is 0 Å². The summed E-state index contributed by atoms with van der Waals surface area (Å²) in [6.45, 7) is 0. The number of methoxy groups -OCH3 is 2. The normalized spacial score (nSPS) is 12.1. The van der Waals surface area contributed by atoms with E-state index in [0.29, 0.717) is 11.5 Å². The minimum atomic E-state index is -1.13. The summed E-state index contributed by atoms with van der Waals surface area (Å²) in [6.07, 6.45) is -0.356. The molecule has 0 aliphatic rings. The number of benzene rings is 3. The molecule has 0 saturated heterocycles. The van der Waals surface area contributed by atoms with Gasteiger partial charge in [-0.3, -0.25) is 14.9 Å². The van der Waals surface area contributed by atoms with Gasteiger partial charge in [-0.15, -0.1) is 0 Å². The van der Waals surface area contributed by atoms with E-state index >= 15 is 0 Å². The van der Waals surface area contributed by atoms with Crippen LogP contribution in [-0.4, -0.2) is 42.4 Å². The lowest BCUT2D eigenvalue weighted by Gasteiger charge is -2.39. The van der Waals surface area contributed by atoms with Crippen molar-refractivity contribution < 1.29 is 29.3 Å². The predicted octanol–water partition coefficient (Wildman–Crippen LogP) is 3.90.